The topological polar surface area (TPSA) is 66.7 Å². The quantitative estimate of drug-likeness (QED) is 0.823. The maximum absolute atomic E-state index is 11.9. The van der Waals surface area contributed by atoms with E-state index < -0.39 is 5.60 Å². The molecule has 0 saturated heterocycles. The zero-order valence-corrected chi connectivity index (χ0v) is 16.2. The summed E-state index contributed by atoms with van der Waals surface area (Å²) in [6.07, 6.45) is 5.47. The molecule has 1 heterocycles. The van der Waals surface area contributed by atoms with Crippen LogP contribution in [0.15, 0.2) is 22.8 Å². The number of ether oxygens (including phenoxy) is 1. The molecule has 6 nitrogen and oxygen atoms in total. The lowest BCUT2D eigenvalue weighted by Gasteiger charge is -2.32. The first-order chi connectivity index (χ1) is 11.7. The van der Waals surface area contributed by atoms with Crippen LogP contribution in [0.1, 0.15) is 58.3 Å². The number of nitrogens with one attached hydrogen (secondary N) is 2. The third-order valence-corrected chi connectivity index (χ3v) is 4.54. The molecule has 25 heavy (non-hydrogen) atoms. The highest BCUT2D eigenvalue weighted by molar-refractivity contribution is 5.68. The maximum atomic E-state index is 11.9. The fraction of sp³-hybridized carbons (Fsp3) is 0.737. The number of alkyl carbamates (subject to hydrolysis) is 1. The lowest BCUT2D eigenvalue weighted by molar-refractivity contribution is 0.0489. The fourth-order valence-corrected chi connectivity index (χ4v) is 3.21. The summed E-state index contributed by atoms with van der Waals surface area (Å²) >= 11 is 0. The van der Waals surface area contributed by atoms with Crippen LogP contribution in [0.25, 0.3) is 0 Å². The van der Waals surface area contributed by atoms with Gasteiger partial charge in [-0.05, 0) is 72.7 Å². The van der Waals surface area contributed by atoms with E-state index in [1.165, 1.54) is 0 Å². The molecule has 1 atom stereocenters. The number of nitrogens with zero attached hydrogens (tertiary/aromatic N) is 1. The van der Waals surface area contributed by atoms with E-state index in [2.05, 4.69) is 29.6 Å². The van der Waals surface area contributed by atoms with Crippen LogP contribution >= 0.6 is 0 Å². The summed E-state index contributed by atoms with van der Waals surface area (Å²) in [6.45, 7) is 6.50. The van der Waals surface area contributed by atoms with Gasteiger partial charge in [-0.3, -0.25) is 4.90 Å². The number of hydrogen-bond acceptors (Lipinski definition) is 5. The van der Waals surface area contributed by atoms with Crippen molar-refractivity contribution in [3.05, 3.63) is 24.2 Å². The minimum atomic E-state index is -0.449. The molecule has 2 N–H and O–H groups in total. The maximum Gasteiger partial charge on any atom is 0.407 e. The first-order valence-electron chi connectivity index (χ1n) is 9.17. The van der Waals surface area contributed by atoms with Crippen LogP contribution < -0.4 is 10.6 Å². The van der Waals surface area contributed by atoms with E-state index >= 15 is 0 Å². The van der Waals surface area contributed by atoms with Gasteiger partial charge in [0.2, 0.25) is 0 Å². The molecule has 1 aliphatic carbocycles. The summed E-state index contributed by atoms with van der Waals surface area (Å²) in [5.41, 5.74) is -0.449. The molecule has 0 bridgehead atoms. The van der Waals surface area contributed by atoms with Gasteiger partial charge in [0.1, 0.15) is 11.4 Å². The van der Waals surface area contributed by atoms with Gasteiger partial charge >= 0.3 is 6.09 Å². The number of amides is 1. The summed E-state index contributed by atoms with van der Waals surface area (Å²) in [6, 6.07) is 4.87. The highest BCUT2D eigenvalue weighted by Crippen LogP contribution is 2.22. The molecule has 6 heteroatoms. The van der Waals surface area contributed by atoms with Gasteiger partial charge in [-0.1, -0.05) is 0 Å². The van der Waals surface area contributed by atoms with Crippen molar-refractivity contribution in [2.75, 3.05) is 20.6 Å². The monoisotopic (exact) mass is 351 g/mol. The fourth-order valence-electron chi connectivity index (χ4n) is 3.21. The molecule has 0 spiro atoms. The average molecular weight is 351 g/mol. The van der Waals surface area contributed by atoms with Gasteiger partial charge in [-0.25, -0.2) is 4.79 Å². The van der Waals surface area contributed by atoms with E-state index in [0.717, 1.165) is 38.0 Å². The number of rotatable bonds is 6. The molecule has 1 aliphatic rings. The molecular formula is C19H33N3O3. The summed E-state index contributed by atoms with van der Waals surface area (Å²) in [7, 11) is 4.13. The molecule has 1 saturated carbocycles. The first-order valence-corrected chi connectivity index (χ1v) is 9.17. The van der Waals surface area contributed by atoms with Crippen molar-refractivity contribution in [1.82, 2.24) is 15.5 Å². The van der Waals surface area contributed by atoms with Gasteiger partial charge in [0.25, 0.3) is 0 Å². The van der Waals surface area contributed by atoms with Crippen LogP contribution in [0.5, 0.6) is 0 Å². The van der Waals surface area contributed by atoms with Crippen molar-refractivity contribution in [3.8, 4) is 0 Å². The normalized spacial score (nSPS) is 22.6. The minimum absolute atomic E-state index is 0.211. The van der Waals surface area contributed by atoms with Crippen LogP contribution in [0, 0.1) is 0 Å². The average Bonchev–Trinajstić information content (AvgIpc) is 3.01. The van der Waals surface area contributed by atoms with Crippen LogP contribution in [-0.4, -0.2) is 49.3 Å². The van der Waals surface area contributed by atoms with Gasteiger partial charge in [0.05, 0.1) is 12.3 Å². The first kappa shape index (κ1) is 19.8. The number of carbonyl (C=O) groups excluding carboxylic acids is 1. The number of carbonyl (C=O) groups is 1. The molecule has 0 aliphatic heterocycles. The van der Waals surface area contributed by atoms with Gasteiger partial charge in [-0.2, -0.15) is 0 Å². The van der Waals surface area contributed by atoms with Crippen molar-refractivity contribution in [3.63, 3.8) is 0 Å². The Labute approximate surface area is 151 Å². The molecule has 1 aromatic rings. The molecular weight excluding hydrogens is 318 g/mol. The Kier molecular flexibility index (Phi) is 6.90. The Morgan fingerprint density at radius 1 is 1.28 bits per heavy atom. The zero-order valence-electron chi connectivity index (χ0n) is 16.2. The van der Waals surface area contributed by atoms with Gasteiger partial charge in [0.15, 0.2) is 0 Å². The standard InChI is InChI=1S/C19H33N3O3/c1-19(2,3)25-18(23)21-15-10-8-14(9-11-15)20-13-16(22(4)5)17-7-6-12-24-17/h6-7,12,14-16,20H,8-11,13H2,1-5H3,(H,21,23). The predicted molar refractivity (Wildman–Crippen MR) is 98.6 cm³/mol. The lowest BCUT2D eigenvalue weighted by Crippen LogP contribution is -2.45. The summed E-state index contributed by atoms with van der Waals surface area (Å²) in [5.74, 6) is 0.984. The highest BCUT2D eigenvalue weighted by Gasteiger charge is 2.26. The molecule has 2 rings (SSSR count). The smallest absolute Gasteiger partial charge is 0.407 e. The molecule has 0 aromatic carbocycles. The zero-order chi connectivity index (χ0) is 18.4. The van der Waals surface area contributed by atoms with E-state index in [4.69, 9.17) is 9.15 Å². The summed E-state index contributed by atoms with van der Waals surface area (Å²) in [4.78, 5) is 14.0. The van der Waals surface area contributed by atoms with Crippen LogP contribution in [-0.2, 0) is 4.74 Å². The molecule has 0 radical (unpaired) electrons. The van der Waals surface area contributed by atoms with E-state index in [1.54, 1.807) is 6.26 Å². The number of hydrogen-bond donors (Lipinski definition) is 2. The Bertz CT molecular complexity index is 515. The second kappa shape index (κ2) is 8.72. The second-order valence-electron chi connectivity index (χ2n) is 8.10. The predicted octanol–water partition coefficient (Wildman–Crippen LogP) is 3.31. The molecule has 1 unspecified atom stereocenters. The largest absolute Gasteiger partial charge is 0.468 e. The number of furan rings is 1. The van der Waals surface area contributed by atoms with Crippen molar-refractivity contribution in [2.45, 2.75) is 70.2 Å². The van der Waals surface area contributed by atoms with Gasteiger partial charge in [0, 0.05) is 18.6 Å². The van der Waals surface area contributed by atoms with Crippen LogP contribution in [0.2, 0.25) is 0 Å². The lowest BCUT2D eigenvalue weighted by atomic mass is 9.91. The SMILES string of the molecule is CN(C)C(CNC1CCC(NC(=O)OC(C)(C)C)CC1)c1ccco1. The third kappa shape index (κ3) is 6.71. The highest BCUT2D eigenvalue weighted by atomic mass is 16.6. The van der Waals surface area contributed by atoms with Crippen LogP contribution in [0.3, 0.4) is 0 Å². The van der Waals surface area contributed by atoms with Crippen LogP contribution in [0.4, 0.5) is 4.79 Å². The Hall–Kier alpha value is -1.53. The van der Waals surface area contributed by atoms with Gasteiger partial charge in [-0.15, -0.1) is 0 Å². The van der Waals surface area contributed by atoms with Crippen molar-refractivity contribution in [1.29, 1.82) is 0 Å². The minimum Gasteiger partial charge on any atom is -0.468 e. The molecule has 1 amide bonds. The molecule has 1 aromatic heterocycles. The molecule has 142 valence electrons. The van der Waals surface area contributed by atoms with E-state index in [9.17, 15) is 4.79 Å². The van der Waals surface area contributed by atoms with Crippen molar-refractivity contribution >= 4 is 6.09 Å². The van der Waals surface area contributed by atoms with Gasteiger partial charge < -0.3 is 19.8 Å². The summed E-state index contributed by atoms with van der Waals surface area (Å²) in [5, 5.41) is 6.65. The Morgan fingerprint density at radius 2 is 1.92 bits per heavy atom. The Balaban J connectivity index is 1.72. The van der Waals surface area contributed by atoms with E-state index in [0.29, 0.717) is 6.04 Å². The summed E-state index contributed by atoms with van der Waals surface area (Å²) < 4.78 is 10.9. The van der Waals surface area contributed by atoms with E-state index in [-0.39, 0.29) is 18.2 Å². The van der Waals surface area contributed by atoms with Crippen molar-refractivity contribution in [2.24, 2.45) is 0 Å². The van der Waals surface area contributed by atoms with Crippen molar-refractivity contribution < 1.29 is 13.9 Å². The molecule has 1 fully saturated rings. The van der Waals surface area contributed by atoms with E-state index in [1.807, 2.05) is 32.9 Å². The number of likely N-dealkylation sites (N-methyl/N-ethyl adjacent to an activating group) is 1. The Morgan fingerprint density at radius 3 is 2.44 bits per heavy atom. The second-order valence-corrected chi connectivity index (χ2v) is 8.10. The third-order valence-electron chi connectivity index (χ3n) is 4.54.